The van der Waals surface area contributed by atoms with E-state index in [4.69, 9.17) is 4.74 Å². The van der Waals surface area contributed by atoms with E-state index in [9.17, 15) is 18.0 Å². The van der Waals surface area contributed by atoms with Crippen molar-refractivity contribution < 1.29 is 22.7 Å². The van der Waals surface area contributed by atoms with Gasteiger partial charge in [-0.05, 0) is 48.0 Å². The summed E-state index contributed by atoms with van der Waals surface area (Å²) < 4.78 is 30.7. The van der Waals surface area contributed by atoms with Crippen LogP contribution in [-0.2, 0) is 19.6 Å². The summed E-state index contributed by atoms with van der Waals surface area (Å²) in [5.41, 5.74) is 0.0315. The molecular formula is C14H19BrN2O5S. The molecule has 0 bridgehead atoms. The number of nitrogens with one attached hydrogen (secondary N) is 1. The SMILES string of the molecule is CCNC(=O)[C@@H](C)OC(=O)c1cc(S(=O)(=O)N(C)C)ccc1Br. The van der Waals surface area contributed by atoms with Gasteiger partial charge in [-0.1, -0.05) is 0 Å². The van der Waals surface area contributed by atoms with E-state index in [1.807, 2.05) is 0 Å². The predicted octanol–water partition coefficient (Wildman–Crippen LogP) is 1.38. The fraction of sp³-hybridized carbons (Fsp3) is 0.429. The molecule has 1 amide bonds. The number of carbonyl (C=O) groups excluding carboxylic acids is 2. The van der Waals surface area contributed by atoms with Crippen molar-refractivity contribution in [2.45, 2.75) is 24.8 Å². The molecule has 9 heteroatoms. The lowest BCUT2D eigenvalue weighted by molar-refractivity contribution is -0.128. The molecule has 0 heterocycles. The van der Waals surface area contributed by atoms with Crippen LogP contribution in [0.1, 0.15) is 24.2 Å². The van der Waals surface area contributed by atoms with Crippen molar-refractivity contribution in [3.05, 3.63) is 28.2 Å². The molecule has 23 heavy (non-hydrogen) atoms. The minimum atomic E-state index is -3.68. The minimum Gasteiger partial charge on any atom is -0.449 e. The van der Waals surface area contributed by atoms with Gasteiger partial charge < -0.3 is 10.1 Å². The second-order valence-electron chi connectivity index (χ2n) is 4.87. The number of likely N-dealkylation sites (N-methyl/N-ethyl adjacent to an activating group) is 1. The topological polar surface area (TPSA) is 92.8 Å². The van der Waals surface area contributed by atoms with Gasteiger partial charge in [0.15, 0.2) is 6.10 Å². The average molecular weight is 407 g/mol. The van der Waals surface area contributed by atoms with E-state index in [1.54, 1.807) is 6.92 Å². The number of hydrogen-bond acceptors (Lipinski definition) is 5. The second kappa shape index (κ2) is 7.89. The van der Waals surface area contributed by atoms with E-state index in [1.165, 1.54) is 39.2 Å². The maximum atomic E-state index is 12.2. The Balaban J connectivity index is 3.09. The number of nitrogens with zero attached hydrogens (tertiary/aromatic N) is 1. The summed E-state index contributed by atoms with van der Waals surface area (Å²) >= 11 is 3.18. The lowest BCUT2D eigenvalue weighted by Gasteiger charge is -2.15. The molecule has 0 unspecified atom stereocenters. The number of esters is 1. The van der Waals surface area contributed by atoms with Gasteiger partial charge >= 0.3 is 5.97 Å². The van der Waals surface area contributed by atoms with Crippen molar-refractivity contribution in [1.82, 2.24) is 9.62 Å². The Kier molecular flexibility index (Phi) is 6.72. The number of sulfonamides is 1. The van der Waals surface area contributed by atoms with Crippen LogP contribution in [0.5, 0.6) is 0 Å². The van der Waals surface area contributed by atoms with E-state index in [0.29, 0.717) is 11.0 Å². The van der Waals surface area contributed by atoms with Gasteiger partial charge in [0.2, 0.25) is 10.0 Å². The highest BCUT2D eigenvalue weighted by atomic mass is 79.9. The molecular weight excluding hydrogens is 388 g/mol. The summed E-state index contributed by atoms with van der Waals surface area (Å²) in [5.74, 6) is -1.21. The first-order valence-electron chi connectivity index (χ1n) is 6.82. The Morgan fingerprint density at radius 2 is 1.96 bits per heavy atom. The Morgan fingerprint density at radius 1 is 1.35 bits per heavy atom. The first kappa shape index (κ1) is 19.6. The molecule has 0 spiro atoms. The van der Waals surface area contributed by atoms with Crippen LogP contribution in [0, 0.1) is 0 Å². The van der Waals surface area contributed by atoms with Gasteiger partial charge in [-0.2, -0.15) is 0 Å². The van der Waals surface area contributed by atoms with Crippen molar-refractivity contribution in [1.29, 1.82) is 0 Å². The number of carbonyl (C=O) groups is 2. The molecule has 0 aromatic heterocycles. The molecule has 0 saturated heterocycles. The maximum absolute atomic E-state index is 12.2. The third-order valence-electron chi connectivity index (χ3n) is 2.94. The lowest BCUT2D eigenvalue weighted by atomic mass is 10.2. The van der Waals surface area contributed by atoms with Gasteiger partial charge in [-0.15, -0.1) is 0 Å². The largest absolute Gasteiger partial charge is 0.449 e. The highest BCUT2D eigenvalue weighted by molar-refractivity contribution is 9.10. The third kappa shape index (κ3) is 4.76. The summed E-state index contributed by atoms with van der Waals surface area (Å²) in [7, 11) is -0.887. The molecule has 1 rings (SSSR count). The van der Waals surface area contributed by atoms with Crippen LogP contribution < -0.4 is 5.32 Å². The van der Waals surface area contributed by atoms with Gasteiger partial charge in [0.05, 0.1) is 10.5 Å². The summed E-state index contributed by atoms with van der Waals surface area (Å²) in [6.45, 7) is 3.61. The molecule has 0 aliphatic heterocycles. The molecule has 1 aromatic carbocycles. The first-order valence-corrected chi connectivity index (χ1v) is 9.05. The molecule has 1 atom stereocenters. The van der Waals surface area contributed by atoms with Gasteiger partial charge in [-0.3, -0.25) is 4.79 Å². The zero-order valence-corrected chi connectivity index (χ0v) is 15.7. The average Bonchev–Trinajstić information content (AvgIpc) is 2.47. The third-order valence-corrected chi connectivity index (χ3v) is 5.44. The number of benzene rings is 1. The molecule has 1 aromatic rings. The van der Waals surface area contributed by atoms with E-state index in [-0.39, 0.29) is 10.5 Å². The van der Waals surface area contributed by atoms with Crippen molar-refractivity contribution in [2.75, 3.05) is 20.6 Å². The number of hydrogen-bond donors (Lipinski definition) is 1. The van der Waals surface area contributed by atoms with Crippen LogP contribution >= 0.6 is 15.9 Å². The number of rotatable bonds is 6. The van der Waals surface area contributed by atoms with E-state index >= 15 is 0 Å². The lowest BCUT2D eigenvalue weighted by Crippen LogP contribution is -2.35. The zero-order chi connectivity index (χ0) is 17.8. The van der Waals surface area contributed by atoms with E-state index < -0.39 is 28.0 Å². The zero-order valence-electron chi connectivity index (χ0n) is 13.3. The van der Waals surface area contributed by atoms with Crippen LogP contribution in [0.4, 0.5) is 0 Å². The molecule has 7 nitrogen and oxygen atoms in total. The van der Waals surface area contributed by atoms with Gasteiger partial charge in [-0.25, -0.2) is 17.5 Å². The second-order valence-corrected chi connectivity index (χ2v) is 7.88. The van der Waals surface area contributed by atoms with Crippen LogP contribution in [-0.4, -0.2) is 51.3 Å². The molecule has 1 N–H and O–H groups in total. The molecule has 0 saturated carbocycles. The Labute approximate surface area is 144 Å². The smallest absolute Gasteiger partial charge is 0.340 e. The van der Waals surface area contributed by atoms with Crippen LogP contribution in [0.3, 0.4) is 0 Å². The van der Waals surface area contributed by atoms with Crippen LogP contribution in [0.25, 0.3) is 0 Å². The van der Waals surface area contributed by atoms with Crippen molar-refractivity contribution in [2.24, 2.45) is 0 Å². The highest BCUT2D eigenvalue weighted by Crippen LogP contribution is 2.23. The monoisotopic (exact) mass is 406 g/mol. The van der Waals surface area contributed by atoms with E-state index in [2.05, 4.69) is 21.2 Å². The maximum Gasteiger partial charge on any atom is 0.340 e. The van der Waals surface area contributed by atoms with Crippen LogP contribution in [0.15, 0.2) is 27.6 Å². The number of ether oxygens (including phenoxy) is 1. The Hall–Kier alpha value is -1.45. The quantitative estimate of drug-likeness (QED) is 0.720. The van der Waals surface area contributed by atoms with Crippen LogP contribution in [0.2, 0.25) is 0 Å². The number of amides is 1. The minimum absolute atomic E-state index is 0.0315. The number of halogens is 1. The summed E-state index contributed by atoms with van der Waals surface area (Å²) in [6, 6.07) is 4.04. The first-order chi connectivity index (χ1) is 10.6. The van der Waals surface area contributed by atoms with E-state index in [0.717, 1.165) is 4.31 Å². The molecule has 0 radical (unpaired) electrons. The fourth-order valence-corrected chi connectivity index (χ4v) is 2.96. The fourth-order valence-electron chi connectivity index (χ4n) is 1.63. The van der Waals surface area contributed by atoms with Gasteiger partial charge in [0.25, 0.3) is 5.91 Å². The Morgan fingerprint density at radius 3 is 2.48 bits per heavy atom. The summed E-state index contributed by atoms with van der Waals surface area (Å²) in [4.78, 5) is 23.8. The predicted molar refractivity (Wildman–Crippen MR) is 88.6 cm³/mol. The van der Waals surface area contributed by atoms with Crippen molar-refractivity contribution >= 4 is 37.8 Å². The van der Waals surface area contributed by atoms with Gasteiger partial charge in [0.1, 0.15) is 0 Å². The van der Waals surface area contributed by atoms with Gasteiger partial charge in [0, 0.05) is 25.1 Å². The standard InChI is InChI=1S/C14H19BrN2O5S/c1-5-16-13(18)9(2)22-14(19)11-8-10(6-7-12(11)15)23(20,21)17(3)4/h6-9H,5H2,1-4H3,(H,16,18)/t9-/m1/s1. The summed E-state index contributed by atoms with van der Waals surface area (Å²) in [5, 5.41) is 2.54. The Bertz CT molecular complexity index is 703. The molecule has 0 aliphatic rings. The molecule has 128 valence electrons. The van der Waals surface area contributed by atoms with Crippen molar-refractivity contribution in [3.63, 3.8) is 0 Å². The molecule has 0 aliphatic carbocycles. The van der Waals surface area contributed by atoms with Crippen molar-refractivity contribution in [3.8, 4) is 0 Å². The highest BCUT2D eigenvalue weighted by Gasteiger charge is 2.23. The normalized spacial score (nSPS) is 12.8. The summed E-state index contributed by atoms with van der Waals surface area (Å²) in [6.07, 6.45) is -0.983. The molecule has 0 fully saturated rings.